The molecule has 0 unspecified atom stereocenters. The predicted molar refractivity (Wildman–Crippen MR) is 58.1 cm³/mol. The smallest absolute Gasteiger partial charge is 0.322 e. The molecule has 1 fully saturated rings. The number of carbonyl (C=O) groups is 1. The third-order valence-electron chi connectivity index (χ3n) is 2.77. The van der Waals surface area contributed by atoms with Crippen molar-refractivity contribution >= 4 is 16.0 Å². The second kappa shape index (κ2) is 4.23. The lowest BCUT2D eigenvalue weighted by Gasteiger charge is -2.18. The Balaban J connectivity index is 2.42. The number of imidazole rings is 1. The molecule has 10 heteroatoms. The number of carboxylic acid groups (broad SMARTS) is 1. The summed E-state index contributed by atoms with van der Waals surface area (Å²) in [7, 11) is -2.83. The maximum atomic E-state index is 13.3. The quantitative estimate of drug-likeness (QED) is 0.841. The van der Waals surface area contributed by atoms with E-state index in [1.165, 1.54) is 17.9 Å². The van der Waals surface area contributed by atoms with E-state index in [1.807, 2.05) is 0 Å². The average molecular weight is 295 g/mol. The first-order chi connectivity index (χ1) is 8.63. The lowest BCUT2D eigenvalue weighted by atomic mass is 10.2. The van der Waals surface area contributed by atoms with Gasteiger partial charge >= 0.3 is 5.97 Å². The van der Waals surface area contributed by atoms with Gasteiger partial charge in [-0.3, -0.25) is 4.79 Å². The third-order valence-corrected chi connectivity index (χ3v) is 4.51. The van der Waals surface area contributed by atoms with Crippen molar-refractivity contribution in [3.8, 4) is 0 Å². The molecule has 0 aliphatic carbocycles. The fourth-order valence-electron chi connectivity index (χ4n) is 1.89. The summed E-state index contributed by atoms with van der Waals surface area (Å²) in [5.41, 5.74) is 0. The minimum absolute atomic E-state index is 0.289. The Bertz CT molecular complexity index is 613. The van der Waals surface area contributed by atoms with Gasteiger partial charge in [-0.1, -0.05) is 0 Å². The van der Waals surface area contributed by atoms with Crippen molar-refractivity contribution in [1.29, 1.82) is 0 Å². The van der Waals surface area contributed by atoms with Crippen molar-refractivity contribution in [2.24, 2.45) is 7.05 Å². The number of sulfonamides is 1. The molecule has 1 saturated heterocycles. The predicted octanol–water partition coefficient (Wildman–Crippen LogP) is -0.0970. The van der Waals surface area contributed by atoms with Crippen LogP contribution in [-0.2, 0) is 21.9 Å². The number of halogens is 2. The Labute approximate surface area is 107 Å². The molecule has 1 aliphatic heterocycles. The highest BCUT2D eigenvalue weighted by Gasteiger charge is 2.53. The van der Waals surface area contributed by atoms with E-state index in [0.717, 1.165) is 6.20 Å². The van der Waals surface area contributed by atoms with E-state index in [9.17, 15) is 22.0 Å². The summed E-state index contributed by atoms with van der Waals surface area (Å²) < 4.78 is 52.3. The van der Waals surface area contributed by atoms with Gasteiger partial charge in [0.2, 0.25) is 0 Å². The molecule has 0 spiro atoms. The topological polar surface area (TPSA) is 92.5 Å². The van der Waals surface area contributed by atoms with Crippen LogP contribution >= 0.6 is 0 Å². The molecule has 1 N–H and O–H groups in total. The van der Waals surface area contributed by atoms with E-state index in [-0.39, 0.29) is 4.31 Å². The van der Waals surface area contributed by atoms with Gasteiger partial charge in [-0.05, 0) is 0 Å². The van der Waals surface area contributed by atoms with Crippen LogP contribution in [0.15, 0.2) is 17.6 Å². The molecular weight excluding hydrogens is 284 g/mol. The summed E-state index contributed by atoms with van der Waals surface area (Å²) in [6.45, 7) is -1.15. The maximum absolute atomic E-state index is 13.3. The fraction of sp³-hybridized carbons (Fsp3) is 0.556. The van der Waals surface area contributed by atoms with Crippen LogP contribution in [0.1, 0.15) is 6.42 Å². The fourth-order valence-corrected chi connectivity index (χ4v) is 3.47. The van der Waals surface area contributed by atoms with Crippen molar-refractivity contribution in [2.45, 2.75) is 23.4 Å². The van der Waals surface area contributed by atoms with E-state index < -0.39 is 45.9 Å². The first kappa shape index (κ1) is 13.9. The molecule has 0 bridgehead atoms. The van der Waals surface area contributed by atoms with Crippen molar-refractivity contribution in [3.63, 3.8) is 0 Å². The van der Waals surface area contributed by atoms with Crippen LogP contribution < -0.4 is 0 Å². The minimum Gasteiger partial charge on any atom is -0.480 e. The monoisotopic (exact) mass is 295 g/mol. The Morgan fingerprint density at radius 3 is 2.68 bits per heavy atom. The SMILES string of the molecule is Cn1cnc(S(=O)(=O)N2CC(F)(F)C[C@@H]2C(=O)O)c1. The van der Waals surface area contributed by atoms with Crippen LogP contribution in [0.4, 0.5) is 8.78 Å². The number of aromatic nitrogens is 2. The standard InChI is InChI=1S/C9H11F2N3O4S/c1-13-3-7(12-5-13)19(17,18)14-4-9(10,11)2-6(14)8(15)16/h3,5-6H,2,4H2,1H3,(H,15,16)/t6-/m1/s1. The lowest BCUT2D eigenvalue weighted by Crippen LogP contribution is -2.40. The zero-order valence-electron chi connectivity index (χ0n) is 9.82. The highest BCUT2D eigenvalue weighted by molar-refractivity contribution is 7.89. The van der Waals surface area contributed by atoms with Crippen LogP contribution in [0.3, 0.4) is 0 Å². The molecule has 0 amide bonds. The second-order valence-corrected chi connectivity index (χ2v) is 6.18. The normalized spacial score (nSPS) is 23.6. The van der Waals surface area contributed by atoms with Crippen LogP contribution in [0.25, 0.3) is 0 Å². The molecule has 2 rings (SSSR count). The first-order valence-electron chi connectivity index (χ1n) is 5.24. The number of aliphatic carboxylic acids is 1. The van der Waals surface area contributed by atoms with E-state index >= 15 is 0 Å². The number of hydrogen-bond acceptors (Lipinski definition) is 4. The highest BCUT2D eigenvalue weighted by Crippen LogP contribution is 2.35. The highest BCUT2D eigenvalue weighted by atomic mass is 32.2. The molecule has 7 nitrogen and oxygen atoms in total. The number of rotatable bonds is 3. The number of nitrogens with zero attached hydrogens (tertiary/aromatic N) is 3. The summed E-state index contributed by atoms with van der Waals surface area (Å²) in [6, 6.07) is -1.78. The Hall–Kier alpha value is -1.55. The van der Waals surface area contributed by atoms with Crippen molar-refractivity contribution < 1.29 is 27.1 Å². The number of hydrogen-bond donors (Lipinski definition) is 1. The first-order valence-corrected chi connectivity index (χ1v) is 6.68. The van der Waals surface area contributed by atoms with Gasteiger partial charge in [0.1, 0.15) is 6.04 Å². The van der Waals surface area contributed by atoms with Crippen molar-refractivity contribution in [3.05, 3.63) is 12.5 Å². The molecule has 1 atom stereocenters. The van der Waals surface area contributed by atoms with E-state index in [4.69, 9.17) is 5.11 Å². The Kier molecular flexibility index (Phi) is 3.09. The molecule has 0 aromatic carbocycles. The van der Waals surface area contributed by atoms with Gasteiger partial charge in [-0.2, -0.15) is 4.31 Å². The second-order valence-electron chi connectivity index (χ2n) is 4.34. The summed E-state index contributed by atoms with van der Waals surface area (Å²) in [5, 5.41) is 8.42. The minimum atomic E-state index is -4.34. The van der Waals surface area contributed by atoms with E-state index in [0.29, 0.717) is 0 Å². The molecule has 0 radical (unpaired) electrons. The summed E-state index contributed by atoms with van der Waals surface area (Å²) >= 11 is 0. The Morgan fingerprint density at radius 1 is 1.58 bits per heavy atom. The number of alkyl halides is 2. The molecule has 19 heavy (non-hydrogen) atoms. The van der Waals surface area contributed by atoms with Gasteiger partial charge in [0, 0.05) is 19.7 Å². The molecule has 1 aliphatic rings. The number of aryl methyl sites for hydroxylation is 1. The average Bonchev–Trinajstić information content (AvgIpc) is 2.82. The van der Waals surface area contributed by atoms with Gasteiger partial charge < -0.3 is 9.67 Å². The molecule has 1 aromatic heterocycles. The zero-order chi connectivity index (χ0) is 14.4. The molecule has 1 aromatic rings. The van der Waals surface area contributed by atoms with Crippen LogP contribution in [0.5, 0.6) is 0 Å². The molecular formula is C9H11F2N3O4S. The van der Waals surface area contributed by atoms with Crippen molar-refractivity contribution in [2.75, 3.05) is 6.54 Å². The van der Waals surface area contributed by atoms with Gasteiger partial charge in [-0.25, -0.2) is 22.2 Å². The third kappa shape index (κ3) is 2.45. The molecule has 0 saturated carbocycles. The van der Waals surface area contributed by atoms with Gasteiger partial charge in [-0.15, -0.1) is 0 Å². The van der Waals surface area contributed by atoms with E-state index in [1.54, 1.807) is 0 Å². The van der Waals surface area contributed by atoms with Gasteiger partial charge in [0.25, 0.3) is 15.9 Å². The van der Waals surface area contributed by atoms with Crippen LogP contribution in [-0.4, -0.2) is 51.9 Å². The largest absolute Gasteiger partial charge is 0.480 e. The van der Waals surface area contributed by atoms with Crippen molar-refractivity contribution in [1.82, 2.24) is 13.9 Å². The van der Waals surface area contributed by atoms with Crippen LogP contribution in [0, 0.1) is 0 Å². The summed E-state index contributed by atoms with van der Waals surface area (Å²) in [4.78, 5) is 14.5. The van der Waals surface area contributed by atoms with Gasteiger partial charge in [0.05, 0.1) is 12.9 Å². The lowest BCUT2D eigenvalue weighted by molar-refractivity contribution is -0.141. The maximum Gasteiger partial charge on any atom is 0.322 e. The van der Waals surface area contributed by atoms with Crippen LogP contribution in [0.2, 0.25) is 0 Å². The molecule has 2 heterocycles. The Morgan fingerprint density at radius 2 is 2.21 bits per heavy atom. The number of carboxylic acids is 1. The zero-order valence-corrected chi connectivity index (χ0v) is 10.6. The summed E-state index contributed by atoms with van der Waals surface area (Å²) in [6.07, 6.45) is 1.29. The van der Waals surface area contributed by atoms with E-state index in [2.05, 4.69) is 4.98 Å². The van der Waals surface area contributed by atoms with Gasteiger partial charge in [0.15, 0.2) is 5.03 Å². The molecule has 106 valence electrons. The summed E-state index contributed by atoms with van der Waals surface area (Å²) in [5.74, 6) is -4.96.